The highest BCUT2D eigenvalue weighted by Crippen LogP contribution is 2.18. The van der Waals surface area contributed by atoms with Crippen molar-refractivity contribution in [2.24, 2.45) is 0 Å². The van der Waals surface area contributed by atoms with Crippen molar-refractivity contribution in [1.29, 1.82) is 0 Å². The number of halogens is 1. The van der Waals surface area contributed by atoms with Crippen molar-refractivity contribution in [3.63, 3.8) is 0 Å². The van der Waals surface area contributed by atoms with Crippen LogP contribution in [0.25, 0.3) is 0 Å². The lowest BCUT2D eigenvalue weighted by Gasteiger charge is -2.07. The molecule has 4 nitrogen and oxygen atoms in total. The molecule has 1 N–H and O–H groups in total. The van der Waals surface area contributed by atoms with Crippen LogP contribution in [0.3, 0.4) is 0 Å². The quantitative estimate of drug-likeness (QED) is 0.928. The zero-order valence-electron chi connectivity index (χ0n) is 10.0. The summed E-state index contributed by atoms with van der Waals surface area (Å²) in [5.74, 6) is -0.573. The Bertz CT molecular complexity index is 582. The number of carbonyl (C=O) groups is 1. The monoisotopic (exact) mass is 265 g/mol. The molecule has 6 heteroatoms. The summed E-state index contributed by atoms with van der Waals surface area (Å²) in [5, 5.41) is 6.62. The minimum Gasteiger partial charge on any atom is -0.321 e. The fourth-order valence-corrected chi connectivity index (χ4v) is 2.20. The lowest BCUT2D eigenvalue weighted by atomic mass is 10.2. The van der Waals surface area contributed by atoms with Crippen molar-refractivity contribution in [1.82, 2.24) is 9.59 Å². The first kappa shape index (κ1) is 12.6. The minimum atomic E-state index is -0.320. The molecule has 1 amide bonds. The fourth-order valence-electron chi connectivity index (χ4n) is 1.56. The van der Waals surface area contributed by atoms with Gasteiger partial charge in [-0.05, 0) is 48.6 Å². The van der Waals surface area contributed by atoms with Crippen LogP contribution in [-0.2, 0) is 6.42 Å². The maximum Gasteiger partial charge on any atom is 0.269 e. The van der Waals surface area contributed by atoms with Crippen LogP contribution < -0.4 is 5.32 Å². The molecule has 1 aromatic heterocycles. The molecular weight excluding hydrogens is 253 g/mol. The number of rotatable bonds is 3. The second-order valence-corrected chi connectivity index (χ2v) is 4.57. The number of nitrogens with zero attached hydrogens (tertiary/aromatic N) is 2. The number of aryl methyl sites for hydroxylation is 2. The van der Waals surface area contributed by atoms with E-state index in [-0.39, 0.29) is 11.7 Å². The molecule has 2 rings (SSSR count). The first-order chi connectivity index (χ1) is 8.61. The zero-order chi connectivity index (χ0) is 13.1. The van der Waals surface area contributed by atoms with Gasteiger partial charge in [-0.2, -0.15) is 0 Å². The third-order valence-electron chi connectivity index (χ3n) is 2.53. The fraction of sp³-hybridized carbons (Fsp3) is 0.250. The normalized spacial score (nSPS) is 10.4. The summed E-state index contributed by atoms with van der Waals surface area (Å²) in [5.41, 5.74) is 1.95. The van der Waals surface area contributed by atoms with E-state index >= 15 is 0 Å². The second kappa shape index (κ2) is 5.22. The highest BCUT2D eigenvalue weighted by molar-refractivity contribution is 7.08. The predicted octanol–water partition coefficient (Wildman–Crippen LogP) is 2.80. The van der Waals surface area contributed by atoms with Crippen LogP contribution in [-0.4, -0.2) is 15.5 Å². The van der Waals surface area contributed by atoms with Crippen LogP contribution in [0.4, 0.5) is 10.1 Å². The number of nitrogens with one attached hydrogen (secondary N) is 1. The first-order valence-corrected chi connectivity index (χ1v) is 6.28. The Hall–Kier alpha value is -1.82. The van der Waals surface area contributed by atoms with Crippen LogP contribution >= 0.6 is 11.5 Å². The Morgan fingerprint density at radius 3 is 2.94 bits per heavy atom. The highest BCUT2D eigenvalue weighted by atomic mass is 32.1. The van der Waals surface area contributed by atoms with Gasteiger partial charge in [0.25, 0.3) is 5.91 Å². The van der Waals surface area contributed by atoms with Gasteiger partial charge in [0.1, 0.15) is 10.7 Å². The van der Waals surface area contributed by atoms with E-state index in [2.05, 4.69) is 14.9 Å². The Kier molecular flexibility index (Phi) is 3.66. The molecule has 18 heavy (non-hydrogen) atoms. The molecule has 0 saturated carbocycles. The number of benzene rings is 1. The van der Waals surface area contributed by atoms with Crippen molar-refractivity contribution in [3.8, 4) is 0 Å². The summed E-state index contributed by atoms with van der Waals surface area (Å²) < 4.78 is 16.7. The molecule has 1 heterocycles. The number of aromatic nitrogens is 2. The Morgan fingerprint density at radius 1 is 1.50 bits per heavy atom. The van der Waals surface area contributed by atoms with Crippen LogP contribution in [0.2, 0.25) is 0 Å². The molecule has 0 atom stereocenters. The SMILES string of the molecule is CCc1nnsc1C(=O)Nc1ccc(F)cc1C. The molecule has 0 aliphatic heterocycles. The number of hydrogen-bond acceptors (Lipinski definition) is 4. The summed E-state index contributed by atoms with van der Waals surface area (Å²) >= 11 is 1.06. The van der Waals surface area contributed by atoms with Crippen molar-refractivity contribution in [2.75, 3.05) is 5.32 Å². The van der Waals surface area contributed by atoms with Gasteiger partial charge >= 0.3 is 0 Å². The van der Waals surface area contributed by atoms with Gasteiger partial charge in [0.2, 0.25) is 0 Å². The van der Waals surface area contributed by atoms with Gasteiger partial charge in [-0.15, -0.1) is 5.10 Å². The Morgan fingerprint density at radius 2 is 2.28 bits per heavy atom. The topological polar surface area (TPSA) is 54.9 Å². The maximum atomic E-state index is 12.9. The Balaban J connectivity index is 2.21. The van der Waals surface area contributed by atoms with Crippen molar-refractivity contribution >= 4 is 23.1 Å². The van der Waals surface area contributed by atoms with Crippen LogP contribution in [0.5, 0.6) is 0 Å². The van der Waals surface area contributed by atoms with Gasteiger partial charge in [0, 0.05) is 5.69 Å². The van der Waals surface area contributed by atoms with Gasteiger partial charge in [-0.1, -0.05) is 11.4 Å². The standard InChI is InChI=1S/C12H12FN3OS/c1-3-9-11(18-16-15-9)12(17)14-10-5-4-8(13)6-7(10)2/h4-6H,3H2,1-2H3,(H,14,17). The number of carbonyl (C=O) groups excluding carboxylic acids is 1. The van der Waals surface area contributed by atoms with E-state index < -0.39 is 0 Å². The first-order valence-electron chi connectivity index (χ1n) is 5.50. The lowest BCUT2D eigenvalue weighted by molar-refractivity contribution is 0.102. The predicted molar refractivity (Wildman–Crippen MR) is 68.4 cm³/mol. The molecule has 0 spiro atoms. The molecule has 0 aliphatic rings. The average Bonchev–Trinajstić information content (AvgIpc) is 2.81. The second-order valence-electron chi connectivity index (χ2n) is 3.82. The lowest BCUT2D eigenvalue weighted by Crippen LogP contribution is -2.13. The third kappa shape index (κ3) is 2.53. The van der Waals surface area contributed by atoms with Gasteiger partial charge in [-0.3, -0.25) is 4.79 Å². The molecule has 0 aliphatic carbocycles. The zero-order valence-corrected chi connectivity index (χ0v) is 10.8. The maximum absolute atomic E-state index is 12.9. The van der Waals surface area contributed by atoms with E-state index in [1.165, 1.54) is 12.1 Å². The van der Waals surface area contributed by atoms with E-state index in [1.807, 2.05) is 6.92 Å². The minimum absolute atomic E-state index is 0.253. The van der Waals surface area contributed by atoms with Gasteiger partial charge in [0.05, 0.1) is 5.69 Å². The average molecular weight is 265 g/mol. The van der Waals surface area contributed by atoms with E-state index in [4.69, 9.17) is 0 Å². The van der Waals surface area contributed by atoms with Gasteiger partial charge < -0.3 is 5.32 Å². The smallest absolute Gasteiger partial charge is 0.269 e. The molecule has 0 radical (unpaired) electrons. The van der Waals surface area contributed by atoms with Gasteiger partial charge in [0.15, 0.2) is 0 Å². The number of anilines is 1. The van der Waals surface area contributed by atoms with Crippen molar-refractivity contribution in [2.45, 2.75) is 20.3 Å². The summed E-state index contributed by atoms with van der Waals surface area (Å²) in [6.45, 7) is 3.65. The number of amides is 1. The van der Waals surface area contributed by atoms with Crippen LogP contribution in [0.15, 0.2) is 18.2 Å². The Labute approximate surface area is 108 Å². The van der Waals surface area contributed by atoms with Gasteiger partial charge in [-0.25, -0.2) is 4.39 Å². The number of hydrogen-bond donors (Lipinski definition) is 1. The molecule has 0 saturated heterocycles. The summed E-state index contributed by atoms with van der Waals surface area (Å²) in [6.07, 6.45) is 0.654. The molecule has 2 aromatic rings. The van der Waals surface area contributed by atoms with E-state index in [9.17, 15) is 9.18 Å². The summed E-state index contributed by atoms with van der Waals surface area (Å²) in [4.78, 5) is 12.5. The molecule has 94 valence electrons. The molecule has 1 aromatic carbocycles. The van der Waals surface area contributed by atoms with E-state index in [1.54, 1.807) is 13.0 Å². The van der Waals surface area contributed by atoms with Crippen LogP contribution in [0.1, 0.15) is 27.9 Å². The van der Waals surface area contributed by atoms with Crippen molar-refractivity contribution < 1.29 is 9.18 Å². The molecule has 0 bridgehead atoms. The van der Waals surface area contributed by atoms with E-state index in [0.29, 0.717) is 28.2 Å². The largest absolute Gasteiger partial charge is 0.321 e. The summed E-state index contributed by atoms with van der Waals surface area (Å²) in [6, 6.07) is 4.23. The molecule has 0 fully saturated rings. The molecule has 0 unspecified atom stereocenters. The molecular formula is C12H12FN3OS. The van der Waals surface area contributed by atoms with Crippen LogP contribution in [0, 0.1) is 12.7 Å². The van der Waals surface area contributed by atoms with Crippen molar-refractivity contribution in [3.05, 3.63) is 40.2 Å². The van der Waals surface area contributed by atoms with E-state index in [0.717, 1.165) is 11.5 Å². The third-order valence-corrected chi connectivity index (χ3v) is 3.30. The summed E-state index contributed by atoms with van der Waals surface area (Å²) in [7, 11) is 0. The highest BCUT2D eigenvalue weighted by Gasteiger charge is 2.15.